The largest absolute Gasteiger partial charge is 0.324 e. The molecule has 1 atom stereocenters. The molecule has 0 unspecified atom stereocenters. The summed E-state index contributed by atoms with van der Waals surface area (Å²) in [6, 6.07) is 11.4. The standard InChI is InChI=1S/C18H17BrCl2N2O3S/c19-13-6-8-14(9-7-13)27(25,26)23-10-2-3-12(11-23)18(24)22-16-5-1-4-15(20)17(16)21/h1,4-9,12H,2-3,10-11H2,(H,22,24)/t12-/m0/s1. The van der Waals surface area contributed by atoms with Crippen LogP contribution in [0.25, 0.3) is 0 Å². The Morgan fingerprint density at radius 1 is 1.15 bits per heavy atom. The van der Waals surface area contributed by atoms with Crippen LogP contribution in [-0.4, -0.2) is 31.7 Å². The van der Waals surface area contributed by atoms with Crippen molar-refractivity contribution in [1.29, 1.82) is 0 Å². The Labute approximate surface area is 176 Å². The van der Waals surface area contributed by atoms with E-state index < -0.39 is 15.9 Å². The summed E-state index contributed by atoms with van der Waals surface area (Å²) in [6.07, 6.45) is 1.22. The van der Waals surface area contributed by atoms with Gasteiger partial charge in [-0.15, -0.1) is 0 Å². The van der Waals surface area contributed by atoms with Crippen LogP contribution in [0.2, 0.25) is 10.0 Å². The molecule has 1 fully saturated rings. The van der Waals surface area contributed by atoms with E-state index in [0.717, 1.165) is 4.47 Å². The average Bonchev–Trinajstić information content (AvgIpc) is 2.66. The van der Waals surface area contributed by atoms with Gasteiger partial charge in [0.1, 0.15) is 0 Å². The van der Waals surface area contributed by atoms with Crippen LogP contribution in [-0.2, 0) is 14.8 Å². The van der Waals surface area contributed by atoms with E-state index in [1.54, 1.807) is 42.5 Å². The zero-order valence-electron chi connectivity index (χ0n) is 14.2. The van der Waals surface area contributed by atoms with Gasteiger partial charge >= 0.3 is 0 Å². The van der Waals surface area contributed by atoms with Gasteiger partial charge in [0.2, 0.25) is 15.9 Å². The predicted molar refractivity (Wildman–Crippen MR) is 111 cm³/mol. The highest BCUT2D eigenvalue weighted by Gasteiger charge is 2.33. The van der Waals surface area contributed by atoms with E-state index in [9.17, 15) is 13.2 Å². The summed E-state index contributed by atoms with van der Waals surface area (Å²) in [6.45, 7) is 0.516. The first-order valence-electron chi connectivity index (χ1n) is 8.29. The van der Waals surface area contributed by atoms with E-state index in [1.165, 1.54) is 4.31 Å². The molecule has 5 nitrogen and oxygen atoms in total. The molecule has 1 amide bonds. The Bertz CT molecular complexity index is 952. The maximum Gasteiger partial charge on any atom is 0.243 e. The Hall–Kier alpha value is -1.12. The van der Waals surface area contributed by atoms with Crippen molar-refractivity contribution < 1.29 is 13.2 Å². The average molecular weight is 492 g/mol. The number of nitrogens with one attached hydrogen (secondary N) is 1. The second-order valence-corrected chi connectivity index (χ2v) is 9.89. The number of benzene rings is 2. The lowest BCUT2D eigenvalue weighted by Crippen LogP contribution is -2.43. The molecule has 1 saturated heterocycles. The number of halogens is 3. The van der Waals surface area contributed by atoms with Gasteiger partial charge in [0, 0.05) is 17.6 Å². The third kappa shape index (κ3) is 4.66. The van der Waals surface area contributed by atoms with Gasteiger partial charge in [-0.25, -0.2) is 8.42 Å². The van der Waals surface area contributed by atoms with Crippen molar-refractivity contribution in [3.63, 3.8) is 0 Å². The summed E-state index contributed by atoms with van der Waals surface area (Å²) in [5, 5.41) is 3.37. The second kappa shape index (κ2) is 8.49. The topological polar surface area (TPSA) is 66.5 Å². The highest BCUT2D eigenvalue weighted by atomic mass is 79.9. The molecule has 3 rings (SSSR count). The summed E-state index contributed by atoms with van der Waals surface area (Å²) in [4.78, 5) is 12.9. The van der Waals surface area contributed by atoms with Gasteiger partial charge in [-0.1, -0.05) is 45.2 Å². The van der Waals surface area contributed by atoms with E-state index in [4.69, 9.17) is 23.2 Å². The smallest absolute Gasteiger partial charge is 0.243 e. The fraction of sp³-hybridized carbons (Fsp3) is 0.278. The number of rotatable bonds is 4. The predicted octanol–water partition coefficient (Wildman–Crippen LogP) is 4.80. The lowest BCUT2D eigenvalue weighted by Gasteiger charge is -2.31. The van der Waals surface area contributed by atoms with Crippen LogP contribution >= 0.6 is 39.1 Å². The summed E-state index contributed by atoms with van der Waals surface area (Å²) < 4.78 is 27.9. The highest BCUT2D eigenvalue weighted by molar-refractivity contribution is 9.10. The minimum atomic E-state index is -3.65. The van der Waals surface area contributed by atoms with Crippen LogP contribution in [0.4, 0.5) is 5.69 Å². The first-order valence-corrected chi connectivity index (χ1v) is 11.3. The van der Waals surface area contributed by atoms with Crippen molar-refractivity contribution in [1.82, 2.24) is 4.31 Å². The van der Waals surface area contributed by atoms with Crippen molar-refractivity contribution in [2.75, 3.05) is 18.4 Å². The van der Waals surface area contributed by atoms with Crippen LogP contribution in [0.15, 0.2) is 51.8 Å². The number of anilines is 1. The van der Waals surface area contributed by atoms with Gasteiger partial charge in [-0.05, 0) is 49.2 Å². The molecule has 1 heterocycles. The molecule has 0 saturated carbocycles. The van der Waals surface area contributed by atoms with Crippen LogP contribution in [0.5, 0.6) is 0 Å². The number of hydrogen-bond acceptors (Lipinski definition) is 3. The van der Waals surface area contributed by atoms with Crippen LogP contribution in [0.3, 0.4) is 0 Å². The first kappa shape index (κ1) is 20.6. The van der Waals surface area contributed by atoms with Gasteiger partial charge in [0.05, 0.1) is 26.5 Å². The lowest BCUT2D eigenvalue weighted by molar-refractivity contribution is -0.120. The molecule has 1 aliphatic heterocycles. The van der Waals surface area contributed by atoms with Gasteiger partial charge in [-0.2, -0.15) is 4.31 Å². The molecule has 0 radical (unpaired) electrons. The van der Waals surface area contributed by atoms with E-state index in [1.807, 2.05) is 0 Å². The summed E-state index contributed by atoms with van der Waals surface area (Å²) in [5.74, 6) is -0.728. The van der Waals surface area contributed by atoms with Gasteiger partial charge in [-0.3, -0.25) is 4.79 Å². The molecule has 1 N–H and O–H groups in total. The van der Waals surface area contributed by atoms with E-state index in [-0.39, 0.29) is 22.4 Å². The third-order valence-electron chi connectivity index (χ3n) is 4.42. The van der Waals surface area contributed by atoms with E-state index >= 15 is 0 Å². The molecular weight excluding hydrogens is 475 g/mol. The molecular formula is C18H17BrCl2N2O3S. The molecule has 27 heavy (non-hydrogen) atoms. The number of carbonyl (C=O) groups is 1. The molecule has 0 aliphatic carbocycles. The van der Waals surface area contributed by atoms with Gasteiger partial charge in [0.15, 0.2) is 0 Å². The zero-order chi connectivity index (χ0) is 19.6. The summed E-state index contributed by atoms with van der Waals surface area (Å²) in [5.41, 5.74) is 0.419. The lowest BCUT2D eigenvalue weighted by atomic mass is 9.99. The molecule has 9 heteroatoms. The Balaban J connectivity index is 1.74. The van der Waals surface area contributed by atoms with Crippen molar-refractivity contribution in [3.8, 4) is 0 Å². The summed E-state index contributed by atoms with van der Waals surface area (Å²) >= 11 is 15.4. The minimum Gasteiger partial charge on any atom is -0.324 e. The van der Waals surface area contributed by atoms with Crippen molar-refractivity contribution >= 4 is 60.7 Å². The Morgan fingerprint density at radius 3 is 2.56 bits per heavy atom. The fourth-order valence-corrected chi connectivity index (χ4v) is 5.10. The maximum absolute atomic E-state index is 12.9. The Kier molecular flexibility index (Phi) is 6.48. The fourth-order valence-electron chi connectivity index (χ4n) is 2.97. The number of carbonyl (C=O) groups excluding carboxylic acids is 1. The molecule has 0 aromatic heterocycles. The first-order chi connectivity index (χ1) is 12.8. The molecule has 144 valence electrons. The monoisotopic (exact) mass is 490 g/mol. The molecule has 0 spiro atoms. The highest BCUT2D eigenvalue weighted by Crippen LogP contribution is 2.31. The van der Waals surface area contributed by atoms with Gasteiger partial charge in [0.25, 0.3) is 0 Å². The molecule has 2 aromatic carbocycles. The molecule has 1 aliphatic rings. The number of nitrogens with zero attached hydrogens (tertiary/aromatic N) is 1. The van der Waals surface area contributed by atoms with E-state index in [0.29, 0.717) is 30.1 Å². The maximum atomic E-state index is 12.9. The van der Waals surface area contributed by atoms with Gasteiger partial charge < -0.3 is 5.32 Å². The zero-order valence-corrected chi connectivity index (χ0v) is 18.1. The SMILES string of the molecule is O=C(Nc1cccc(Cl)c1Cl)[C@H]1CCCN(S(=O)(=O)c2ccc(Br)cc2)C1. The van der Waals surface area contributed by atoms with Crippen molar-refractivity contribution in [2.45, 2.75) is 17.7 Å². The second-order valence-electron chi connectivity index (χ2n) is 6.25. The number of sulfonamides is 1. The molecule has 2 aromatic rings. The van der Waals surface area contributed by atoms with Crippen LogP contribution in [0, 0.1) is 5.92 Å². The summed E-state index contributed by atoms with van der Waals surface area (Å²) in [7, 11) is -3.65. The number of hydrogen-bond donors (Lipinski definition) is 1. The van der Waals surface area contributed by atoms with Crippen LogP contribution < -0.4 is 5.32 Å². The van der Waals surface area contributed by atoms with Crippen molar-refractivity contribution in [3.05, 3.63) is 57.0 Å². The third-order valence-corrected chi connectivity index (χ3v) is 7.64. The normalized spacial score (nSPS) is 18.3. The number of piperidine rings is 1. The van der Waals surface area contributed by atoms with E-state index in [2.05, 4.69) is 21.2 Å². The Morgan fingerprint density at radius 2 is 1.85 bits per heavy atom. The minimum absolute atomic E-state index is 0.127. The number of amides is 1. The quantitative estimate of drug-likeness (QED) is 0.668. The molecule has 0 bridgehead atoms. The van der Waals surface area contributed by atoms with Crippen LogP contribution in [0.1, 0.15) is 12.8 Å². The van der Waals surface area contributed by atoms with Crippen molar-refractivity contribution in [2.24, 2.45) is 5.92 Å².